The van der Waals surface area contributed by atoms with Gasteiger partial charge in [-0.25, -0.2) is 9.98 Å². The number of aliphatic imine (C=N–C) groups is 1. The first-order valence-electron chi connectivity index (χ1n) is 7.77. The Labute approximate surface area is 165 Å². The van der Waals surface area contributed by atoms with Crippen LogP contribution < -0.4 is 15.4 Å². The molecule has 0 aliphatic heterocycles. The molecule has 24 heavy (non-hydrogen) atoms. The zero-order valence-electron chi connectivity index (χ0n) is 14.3. The van der Waals surface area contributed by atoms with E-state index in [4.69, 9.17) is 4.74 Å². The van der Waals surface area contributed by atoms with E-state index >= 15 is 0 Å². The summed E-state index contributed by atoms with van der Waals surface area (Å²) in [6.45, 7) is 6.40. The zero-order valence-corrected chi connectivity index (χ0v) is 17.5. The number of hydrogen-bond acceptors (Lipinski definition) is 4. The van der Waals surface area contributed by atoms with Gasteiger partial charge in [0.15, 0.2) is 5.96 Å². The molecule has 0 amide bonds. The lowest BCUT2D eigenvalue weighted by molar-refractivity contribution is 0.414. The Morgan fingerprint density at radius 1 is 1.33 bits per heavy atom. The van der Waals surface area contributed by atoms with Gasteiger partial charge in [-0.15, -0.1) is 35.3 Å². The highest BCUT2D eigenvalue weighted by atomic mass is 127. The molecule has 0 fully saturated rings. The second kappa shape index (κ2) is 11.2. The molecule has 2 aromatic rings. The first-order valence-corrected chi connectivity index (χ1v) is 8.59. The third-order valence-electron chi connectivity index (χ3n) is 3.20. The van der Waals surface area contributed by atoms with E-state index in [0.717, 1.165) is 41.8 Å². The van der Waals surface area contributed by atoms with Crippen molar-refractivity contribution in [1.82, 2.24) is 15.6 Å². The van der Waals surface area contributed by atoms with Crippen LogP contribution >= 0.6 is 35.3 Å². The van der Waals surface area contributed by atoms with Crippen molar-refractivity contribution in [2.45, 2.75) is 26.8 Å². The van der Waals surface area contributed by atoms with Crippen molar-refractivity contribution < 1.29 is 4.74 Å². The van der Waals surface area contributed by atoms with Gasteiger partial charge in [0.1, 0.15) is 5.75 Å². The zero-order chi connectivity index (χ0) is 16.5. The molecule has 0 aliphatic carbocycles. The van der Waals surface area contributed by atoms with Crippen molar-refractivity contribution in [2.24, 2.45) is 4.99 Å². The predicted molar refractivity (Wildman–Crippen MR) is 112 cm³/mol. The summed E-state index contributed by atoms with van der Waals surface area (Å²) in [5.41, 5.74) is 1.12. The Hall–Kier alpha value is -1.35. The van der Waals surface area contributed by atoms with Crippen LogP contribution in [0.5, 0.6) is 5.75 Å². The van der Waals surface area contributed by atoms with Crippen molar-refractivity contribution in [1.29, 1.82) is 0 Å². The molecular weight excluding hydrogens is 435 g/mol. The van der Waals surface area contributed by atoms with E-state index in [1.165, 1.54) is 4.88 Å². The minimum Gasteiger partial charge on any atom is -0.497 e. The summed E-state index contributed by atoms with van der Waals surface area (Å²) in [7, 11) is 1.67. The highest BCUT2D eigenvalue weighted by Crippen LogP contribution is 2.13. The van der Waals surface area contributed by atoms with Crippen LogP contribution in [-0.2, 0) is 13.0 Å². The van der Waals surface area contributed by atoms with Gasteiger partial charge in [-0.05, 0) is 31.5 Å². The number of thiazole rings is 1. The highest BCUT2D eigenvalue weighted by molar-refractivity contribution is 14.0. The molecule has 0 spiro atoms. The Kier molecular flexibility index (Phi) is 9.70. The van der Waals surface area contributed by atoms with Gasteiger partial charge >= 0.3 is 0 Å². The van der Waals surface area contributed by atoms with Crippen LogP contribution in [0, 0.1) is 6.92 Å². The minimum atomic E-state index is 0. The van der Waals surface area contributed by atoms with Crippen molar-refractivity contribution in [2.75, 3.05) is 20.2 Å². The lowest BCUT2D eigenvalue weighted by Crippen LogP contribution is -2.38. The first-order chi connectivity index (χ1) is 11.2. The summed E-state index contributed by atoms with van der Waals surface area (Å²) in [5.74, 6) is 1.68. The lowest BCUT2D eigenvalue weighted by Gasteiger charge is -2.11. The van der Waals surface area contributed by atoms with Gasteiger partial charge in [-0.3, -0.25) is 0 Å². The van der Waals surface area contributed by atoms with E-state index in [1.54, 1.807) is 18.4 Å². The number of benzene rings is 1. The Morgan fingerprint density at radius 2 is 2.17 bits per heavy atom. The van der Waals surface area contributed by atoms with E-state index in [1.807, 2.05) is 30.5 Å². The first kappa shape index (κ1) is 20.7. The molecule has 2 rings (SSSR count). The molecule has 0 atom stereocenters. The molecule has 5 nitrogen and oxygen atoms in total. The average Bonchev–Trinajstić information content (AvgIpc) is 2.98. The van der Waals surface area contributed by atoms with Crippen LogP contribution in [0.2, 0.25) is 0 Å². The van der Waals surface area contributed by atoms with E-state index in [9.17, 15) is 0 Å². The van der Waals surface area contributed by atoms with Crippen LogP contribution in [-0.4, -0.2) is 31.1 Å². The maximum Gasteiger partial charge on any atom is 0.191 e. The fourth-order valence-electron chi connectivity index (χ4n) is 2.09. The maximum atomic E-state index is 5.24. The molecule has 0 aliphatic rings. The van der Waals surface area contributed by atoms with Gasteiger partial charge in [-0.1, -0.05) is 12.1 Å². The topological polar surface area (TPSA) is 58.5 Å². The second-order valence-electron chi connectivity index (χ2n) is 5.09. The average molecular weight is 460 g/mol. The number of rotatable bonds is 7. The summed E-state index contributed by atoms with van der Waals surface area (Å²) in [5, 5.41) is 7.77. The molecule has 132 valence electrons. The normalized spacial score (nSPS) is 10.9. The Bertz CT molecular complexity index is 645. The Morgan fingerprint density at radius 3 is 2.83 bits per heavy atom. The van der Waals surface area contributed by atoms with Gasteiger partial charge in [0.05, 0.1) is 18.7 Å². The number of methoxy groups -OCH3 is 1. The number of aryl methyl sites for hydroxylation is 1. The molecule has 0 saturated heterocycles. The molecule has 7 heteroatoms. The van der Waals surface area contributed by atoms with E-state index in [2.05, 4.69) is 34.5 Å². The highest BCUT2D eigenvalue weighted by Gasteiger charge is 2.01. The minimum absolute atomic E-state index is 0. The van der Waals surface area contributed by atoms with Gasteiger partial charge < -0.3 is 15.4 Å². The maximum absolute atomic E-state index is 5.24. The largest absolute Gasteiger partial charge is 0.497 e. The molecule has 1 heterocycles. The van der Waals surface area contributed by atoms with Crippen LogP contribution in [0.4, 0.5) is 0 Å². The third kappa shape index (κ3) is 7.04. The lowest BCUT2D eigenvalue weighted by atomic mass is 10.2. The molecular formula is C17H25IN4OS. The molecule has 0 bridgehead atoms. The number of ether oxygens (including phenoxy) is 1. The fraction of sp³-hybridized carbons (Fsp3) is 0.412. The quantitative estimate of drug-likeness (QED) is 0.378. The molecule has 1 aromatic heterocycles. The summed E-state index contributed by atoms with van der Waals surface area (Å²) in [4.78, 5) is 10.2. The summed E-state index contributed by atoms with van der Waals surface area (Å²) < 4.78 is 5.24. The van der Waals surface area contributed by atoms with Crippen LogP contribution in [0.15, 0.2) is 35.5 Å². The molecule has 1 aromatic carbocycles. The van der Waals surface area contributed by atoms with E-state index < -0.39 is 0 Å². The molecule has 2 N–H and O–H groups in total. The smallest absolute Gasteiger partial charge is 0.191 e. The number of hydrogen-bond donors (Lipinski definition) is 2. The molecule has 0 unspecified atom stereocenters. The predicted octanol–water partition coefficient (Wildman–Crippen LogP) is 3.38. The second-order valence-corrected chi connectivity index (χ2v) is 6.41. The third-order valence-corrected chi connectivity index (χ3v) is 4.17. The van der Waals surface area contributed by atoms with Crippen molar-refractivity contribution in [3.8, 4) is 5.75 Å². The van der Waals surface area contributed by atoms with Crippen molar-refractivity contribution in [3.63, 3.8) is 0 Å². The summed E-state index contributed by atoms with van der Waals surface area (Å²) in [6.07, 6.45) is 2.82. The Balaban J connectivity index is 0.00000288. The van der Waals surface area contributed by atoms with Crippen LogP contribution in [0.25, 0.3) is 0 Å². The van der Waals surface area contributed by atoms with Crippen LogP contribution in [0.1, 0.15) is 22.4 Å². The van der Waals surface area contributed by atoms with E-state index in [-0.39, 0.29) is 24.0 Å². The number of nitrogens with zero attached hydrogens (tertiary/aromatic N) is 2. The van der Waals surface area contributed by atoms with Gasteiger partial charge in [-0.2, -0.15) is 0 Å². The molecule has 0 radical (unpaired) electrons. The molecule has 0 saturated carbocycles. The van der Waals surface area contributed by atoms with Gasteiger partial charge in [0.2, 0.25) is 0 Å². The van der Waals surface area contributed by atoms with Gasteiger partial charge in [0.25, 0.3) is 0 Å². The number of aromatic nitrogens is 1. The monoisotopic (exact) mass is 460 g/mol. The summed E-state index contributed by atoms with van der Waals surface area (Å²) in [6, 6.07) is 7.97. The van der Waals surface area contributed by atoms with Crippen molar-refractivity contribution >= 4 is 41.3 Å². The summed E-state index contributed by atoms with van der Waals surface area (Å²) >= 11 is 1.74. The van der Waals surface area contributed by atoms with E-state index in [0.29, 0.717) is 6.54 Å². The fourth-order valence-corrected chi connectivity index (χ4v) is 2.87. The number of halogens is 1. The number of nitrogens with one attached hydrogen (secondary N) is 2. The van der Waals surface area contributed by atoms with Crippen LogP contribution in [0.3, 0.4) is 0 Å². The standard InChI is InChI=1S/C17H24N4OS.HI/c1-4-18-17(19-9-8-16-20-11-13(2)23-16)21-12-14-6-5-7-15(10-14)22-3;/h5-7,10-11H,4,8-9,12H2,1-3H3,(H2,18,19,21);1H. The van der Waals surface area contributed by atoms with Crippen molar-refractivity contribution in [3.05, 3.63) is 45.9 Å². The van der Waals surface area contributed by atoms with Gasteiger partial charge in [0, 0.05) is 30.6 Å². The number of guanidine groups is 1. The SMILES string of the molecule is CCNC(=NCc1cccc(OC)c1)NCCc1ncc(C)s1.I.